The van der Waals surface area contributed by atoms with Crippen LogP contribution in [-0.2, 0) is 0 Å². The molecule has 0 saturated heterocycles. The van der Waals surface area contributed by atoms with Crippen LogP contribution in [0.25, 0.3) is 0 Å². The van der Waals surface area contributed by atoms with Crippen molar-refractivity contribution < 1.29 is 0 Å². The first-order chi connectivity index (χ1) is 9.90. The molecule has 0 amide bonds. The summed E-state index contributed by atoms with van der Waals surface area (Å²) in [6, 6.07) is 22.4. The molecule has 0 aliphatic heterocycles. The molecule has 1 aliphatic carbocycles. The second-order valence-electron chi connectivity index (χ2n) is 5.71. The third-order valence-electron chi connectivity index (χ3n) is 4.51. The average Bonchev–Trinajstić information content (AvgIpc) is 2.47. The molecule has 20 heavy (non-hydrogen) atoms. The fraction of sp³-hybridized carbons (Fsp3) is 0.368. The highest BCUT2D eigenvalue weighted by Crippen LogP contribution is 2.50. The van der Waals surface area contributed by atoms with E-state index in [1.165, 1.54) is 25.7 Å². The highest BCUT2D eigenvalue weighted by Gasteiger charge is 2.33. The zero-order valence-electron chi connectivity index (χ0n) is 12.2. The minimum Gasteiger partial charge on any atom is -0.0647 e. The molecule has 1 saturated carbocycles. The van der Waals surface area contributed by atoms with Gasteiger partial charge in [0.25, 0.3) is 0 Å². The molecule has 0 N–H and O–H groups in total. The lowest BCUT2D eigenvalue weighted by Crippen LogP contribution is -2.31. The summed E-state index contributed by atoms with van der Waals surface area (Å²) in [5.74, 6) is 0.950. The van der Waals surface area contributed by atoms with Crippen LogP contribution in [-0.4, -0.2) is 5.66 Å². The van der Waals surface area contributed by atoms with Crippen molar-refractivity contribution in [1.29, 1.82) is 0 Å². The summed E-state index contributed by atoms with van der Waals surface area (Å²) < 4.78 is 0. The molecule has 0 heterocycles. The summed E-state index contributed by atoms with van der Waals surface area (Å²) >= 11 is 0. The van der Waals surface area contributed by atoms with Crippen LogP contribution in [0.3, 0.4) is 0 Å². The summed E-state index contributed by atoms with van der Waals surface area (Å²) in [6.45, 7) is 2.38. The molecule has 1 heteroatoms. The highest BCUT2D eigenvalue weighted by molar-refractivity contribution is 7.73. The van der Waals surface area contributed by atoms with Crippen molar-refractivity contribution in [3.63, 3.8) is 0 Å². The third-order valence-corrected chi connectivity index (χ3v) is 7.67. The van der Waals surface area contributed by atoms with Gasteiger partial charge in [-0.2, -0.15) is 0 Å². The third kappa shape index (κ3) is 2.81. The molecule has 0 unspecified atom stereocenters. The van der Waals surface area contributed by atoms with Gasteiger partial charge in [-0.25, -0.2) is 0 Å². The smallest absolute Gasteiger partial charge is 0.0103 e. The first kappa shape index (κ1) is 13.8. The van der Waals surface area contributed by atoms with E-state index in [9.17, 15) is 0 Å². The number of hydrogen-bond donors (Lipinski definition) is 0. The van der Waals surface area contributed by atoms with E-state index in [2.05, 4.69) is 67.6 Å². The molecule has 0 radical (unpaired) electrons. The Morgan fingerprint density at radius 2 is 1.40 bits per heavy atom. The van der Waals surface area contributed by atoms with Gasteiger partial charge in [-0.15, -0.1) is 0 Å². The predicted octanol–water partition coefficient (Wildman–Crippen LogP) is 4.70. The van der Waals surface area contributed by atoms with Gasteiger partial charge >= 0.3 is 0 Å². The van der Waals surface area contributed by atoms with Crippen molar-refractivity contribution >= 4 is 18.5 Å². The van der Waals surface area contributed by atoms with Gasteiger partial charge in [0.05, 0.1) is 0 Å². The number of hydrogen-bond acceptors (Lipinski definition) is 0. The first-order valence-electron chi connectivity index (χ1n) is 7.79. The van der Waals surface area contributed by atoms with Crippen LogP contribution in [0.2, 0.25) is 0 Å². The first-order valence-corrected chi connectivity index (χ1v) is 9.20. The fourth-order valence-electron chi connectivity index (χ4n) is 3.26. The van der Waals surface area contributed by atoms with Crippen molar-refractivity contribution in [2.75, 3.05) is 0 Å². The molecule has 1 fully saturated rings. The maximum atomic E-state index is 2.38. The Labute approximate surface area is 124 Å². The van der Waals surface area contributed by atoms with Crippen molar-refractivity contribution in [3.8, 4) is 0 Å². The normalized spacial score (nSPS) is 16.9. The Morgan fingerprint density at radius 3 is 1.75 bits per heavy atom. The minimum atomic E-state index is -0.208. The van der Waals surface area contributed by atoms with Crippen molar-refractivity contribution in [3.05, 3.63) is 60.7 Å². The fourth-order valence-corrected chi connectivity index (χ4v) is 6.40. The molecule has 0 aromatic heterocycles. The van der Waals surface area contributed by atoms with Crippen LogP contribution in [0.4, 0.5) is 0 Å². The van der Waals surface area contributed by atoms with E-state index in [4.69, 9.17) is 0 Å². The highest BCUT2D eigenvalue weighted by atomic mass is 31.1. The Hall–Kier alpha value is -1.13. The van der Waals surface area contributed by atoms with E-state index < -0.39 is 0 Å². The van der Waals surface area contributed by atoms with Crippen LogP contribution >= 0.6 is 7.92 Å². The molecular formula is C19H23P. The monoisotopic (exact) mass is 282 g/mol. The van der Waals surface area contributed by atoms with Crippen LogP contribution in [0.15, 0.2) is 60.7 Å². The minimum absolute atomic E-state index is 0.208. The van der Waals surface area contributed by atoms with Crippen LogP contribution in [0.5, 0.6) is 0 Å². The Kier molecular flexibility index (Phi) is 4.53. The maximum Gasteiger partial charge on any atom is -0.0103 e. The molecule has 0 bridgehead atoms. The Morgan fingerprint density at radius 1 is 0.900 bits per heavy atom. The summed E-state index contributed by atoms with van der Waals surface area (Å²) in [6.07, 6.45) is 5.63. The molecule has 1 aliphatic rings. The molecule has 3 rings (SSSR count). The molecule has 0 spiro atoms. The zero-order chi connectivity index (χ0) is 13.8. The van der Waals surface area contributed by atoms with E-state index in [0.717, 1.165) is 11.6 Å². The lowest BCUT2D eigenvalue weighted by Gasteiger charge is -2.39. The molecular weight excluding hydrogens is 259 g/mol. The van der Waals surface area contributed by atoms with Gasteiger partial charge in [0.1, 0.15) is 0 Å². The van der Waals surface area contributed by atoms with Crippen molar-refractivity contribution in [2.45, 2.75) is 38.3 Å². The van der Waals surface area contributed by atoms with Crippen molar-refractivity contribution in [2.24, 2.45) is 5.92 Å². The number of rotatable bonds is 5. The van der Waals surface area contributed by atoms with E-state index in [1.54, 1.807) is 10.6 Å². The van der Waals surface area contributed by atoms with E-state index in [1.807, 2.05) is 0 Å². The molecule has 1 atom stereocenters. The summed E-state index contributed by atoms with van der Waals surface area (Å²) in [4.78, 5) is 0. The van der Waals surface area contributed by atoms with Gasteiger partial charge in [-0.05, 0) is 49.4 Å². The molecule has 2 aromatic carbocycles. The van der Waals surface area contributed by atoms with Crippen LogP contribution in [0.1, 0.15) is 32.6 Å². The SMILES string of the molecule is CC[C@@H](C1CCC1)P(c1ccccc1)c1ccccc1. The van der Waals surface area contributed by atoms with Crippen LogP contribution < -0.4 is 10.6 Å². The molecule has 0 nitrogen and oxygen atoms in total. The van der Waals surface area contributed by atoms with E-state index >= 15 is 0 Å². The second-order valence-corrected chi connectivity index (χ2v) is 8.14. The summed E-state index contributed by atoms with van der Waals surface area (Å²) in [5, 5.41) is 3.10. The summed E-state index contributed by atoms with van der Waals surface area (Å²) in [7, 11) is -0.208. The van der Waals surface area contributed by atoms with Gasteiger partial charge in [0.2, 0.25) is 0 Å². The maximum absolute atomic E-state index is 2.38. The van der Waals surface area contributed by atoms with Crippen LogP contribution in [0, 0.1) is 5.92 Å². The topological polar surface area (TPSA) is 0 Å². The molecule has 104 valence electrons. The summed E-state index contributed by atoms with van der Waals surface area (Å²) in [5.41, 5.74) is 0.851. The average molecular weight is 282 g/mol. The standard InChI is InChI=1S/C19H23P/c1-2-19(16-10-9-11-16)20(17-12-5-3-6-13-17)18-14-7-4-8-15-18/h3-8,12-16,19H,2,9-11H2,1H3/t19-/m0/s1. The zero-order valence-corrected chi connectivity index (χ0v) is 13.1. The second kappa shape index (κ2) is 6.55. The number of benzene rings is 2. The quantitative estimate of drug-likeness (QED) is 0.697. The Balaban J connectivity index is 1.98. The van der Waals surface area contributed by atoms with Gasteiger partial charge in [-0.3, -0.25) is 0 Å². The van der Waals surface area contributed by atoms with Gasteiger partial charge in [0, 0.05) is 0 Å². The van der Waals surface area contributed by atoms with Gasteiger partial charge < -0.3 is 0 Å². The predicted molar refractivity (Wildman–Crippen MR) is 90.5 cm³/mol. The van der Waals surface area contributed by atoms with Gasteiger partial charge in [-0.1, -0.05) is 74.0 Å². The van der Waals surface area contributed by atoms with E-state index in [-0.39, 0.29) is 7.92 Å². The Bertz CT molecular complexity index is 476. The lowest BCUT2D eigenvalue weighted by molar-refractivity contribution is 0.301. The lowest BCUT2D eigenvalue weighted by atomic mass is 9.82. The molecule has 2 aromatic rings. The van der Waals surface area contributed by atoms with Gasteiger partial charge in [0.15, 0.2) is 0 Å². The van der Waals surface area contributed by atoms with Crippen molar-refractivity contribution in [1.82, 2.24) is 0 Å². The largest absolute Gasteiger partial charge is 0.0647 e. The van der Waals surface area contributed by atoms with E-state index in [0.29, 0.717) is 0 Å².